The van der Waals surface area contributed by atoms with Gasteiger partial charge < -0.3 is 28.4 Å². The zero-order valence-electron chi connectivity index (χ0n) is 14.7. The van der Waals surface area contributed by atoms with Crippen molar-refractivity contribution in [3.63, 3.8) is 0 Å². The van der Waals surface area contributed by atoms with Crippen molar-refractivity contribution >= 4 is 23.9 Å². The van der Waals surface area contributed by atoms with E-state index in [4.69, 9.17) is 23.7 Å². The first-order valence-electron chi connectivity index (χ1n) is 7.57. The van der Waals surface area contributed by atoms with Gasteiger partial charge in [0.15, 0.2) is 30.7 Å². The summed E-state index contributed by atoms with van der Waals surface area (Å²) in [4.78, 5) is 46.4. The fourth-order valence-electron chi connectivity index (χ4n) is 2.38. The SMILES string of the molecule is CCO[C@@H]1O[C@H](C(=O)OC)[C@@H](OC(C)=O)[C@H](OC(C)=O)[C@H]1OC(C)=O. The summed E-state index contributed by atoms with van der Waals surface area (Å²) in [5.41, 5.74) is 0. The molecule has 10 heteroatoms. The Morgan fingerprint density at radius 2 is 1.32 bits per heavy atom. The molecule has 0 bridgehead atoms. The molecule has 0 radical (unpaired) electrons. The van der Waals surface area contributed by atoms with E-state index in [1.54, 1.807) is 6.92 Å². The first-order chi connectivity index (χ1) is 11.7. The summed E-state index contributed by atoms with van der Waals surface area (Å²) >= 11 is 0. The maximum atomic E-state index is 12.0. The highest BCUT2D eigenvalue weighted by molar-refractivity contribution is 5.77. The van der Waals surface area contributed by atoms with Gasteiger partial charge in [-0.05, 0) is 6.92 Å². The topological polar surface area (TPSA) is 124 Å². The molecule has 1 aliphatic rings. The average Bonchev–Trinajstić information content (AvgIpc) is 2.50. The van der Waals surface area contributed by atoms with E-state index in [1.807, 2.05) is 0 Å². The molecular weight excluding hydrogens is 340 g/mol. The van der Waals surface area contributed by atoms with Crippen molar-refractivity contribution in [3.8, 4) is 0 Å². The minimum Gasteiger partial charge on any atom is -0.467 e. The van der Waals surface area contributed by atoms with Gasteiger partial charge in [-0.25, -0.2) is 4.79 Å². The van der Waals surface area contributed by atoms with Crippen LogP contribution in [0.1, 0.15) is 27.7 Å². The second kappa shape index (κ2) is 9.33. The van der Waals surface area contributed by atoms with Crippen LogP contribution in [0.5, 0.6) is 0 Å². The van der Waals surface area contributed by atoms with E-state index in [0.717, 1.165) is 27.9 Å². The smallest absolute Gasteiger partial charge is 0.339 e. The van der Waals surface area contributed by atoms with E-state index in [-0.39, 0.29) is 6.61 Å². The lowest BCUT2D eigenvalue weighted by Gasteiger charge is -2.43. The van der Waals surface area contributed by atoms with Gasteiger partial charge in [0.1, 0.15) is 0 Å². The van der Waals surface area contributed by atoms with Crippen molar-refractivity contribution in [1.29, 1.82) is 0 Å². The zero-order chi connectivity index (χ0) is 19.1. The number of hydrogen-bond acceptors (Lipinski definition) is 10. The Morgan fingerprint density at radius 1 is 0.840 bits per heavy atom. The molecule has 1 aliphatic heterocycles. The second-order valence-corrected chi connectivity index (χ2v) is 5.13. The Labute approximate surface area is 144 Å². The third-order valence-electron chi connectivity index (χ3n) is 3.17. The van der Waals surface area contributed by atoms with Crippen molar-refractivity contribution in [2.24, 2.45) is 0 Å². The summed E-state index contributed by atoms with van der Waals surface area (Å²) in [5, 5.41) is 0. The normalized spacial score (nSPS) is 28.6. The number of esters is 4. The van der Waals surface area contributed by atoms with Gasteiger partial charge in [0.2, 0.25) is 0 Å². The Kier molecular flexibility index (Phi) is 7.78. The first-order valence-corrected chi connectivity index (χ1v) is 7.57. The molecule has 0 N–H and O–H groups in total. The summed E-state index contributed by atoms with van der Waals surface area (Å²) in [7, 11) is 1.12. The van der Waals surface area contributed by atoms with Crippen molar-refractivity contribution < 1.29 is 47.6 Å². The monoisotopic (exact) mass is 362 g/mol. The predicted octanol–water partition coefficient (Wildman–Crippen LogP) is -0.284. The molecule has 0 amide bonds. The zero-order valence-corrected chi connectivity index (χ0v) is 14.7. The standard InChI is InChI=1S/C15H22O10/c1-6-21-15-13(24-9(4)18)11(23-8(3)17)10(22-7(2)16)12(25-15)14(19)20-5/h10-13,15H,6H2,1-5H3/t10-,11-,12-,13+,15+/m0/s1. The van der Waals surface area contributed by atoms with Gasteiger partial charge in [-0.1, -0.05) is 0 Å². The number of carbonyl (C=O) groups is 4. The van der Waals surface area contributed by atoms with E-state index >= 15 is 0 Å². The van der Waals surface area contributed by atoms with Gasteiger partial charge in [-0.2, -0.15) is 0 Å². The molecule has 5 atom stereocenters. The van der Waals surface area contributed by atoms with Gasteiger partial charge in [0.25, 0.3) is 0 Å². The minimum absolute atomic E-state index is 0.154. The Balaban J connectivity index is 3.31. The lowest BCUT2D eigenvalue weighted by Crippen LogP contribution is -2.63. The van der Waals surface area contributed by atoms with Gasteiger partial charge >= 0.3 is 23.9 Å². The second-order valence-electron chi connectivity index (χ2n) is 5.13. The Morgan fingerprint density at radius 3 is 1.76 bits per heavy atom. The maximum absolute atomic E-state index is 12.0. The summed E-state index contributed by atoms with van der Waals surface area (Å²) in [5.74, 6) is -3.06. The van der Waals surface area contributed by atoms with Gasteiger partial charge in [-0.15, -0.1) is 0 Å². The molecular formula is C15H22O10. The third-order valence-corrected chi connectivity index (χ3v) is 3.17. The fraction of sp³-hybridized carbons (Fsp3) is 0.733. The largest absolute Gasteiger partial charge is 0.467 e. The summed E-state index contributed by atoms with van der Waals surface area (Å²) < 4.78 is 30.8. The molecule has 0 unspecified atom stereocenters. The lowest BCUT2D eigenvalue weighted by atomic mass is 9.97. The van der Waals surface area contributed by atoms with Crippen LogP contribution in [0.15, 0.2) is 0 Å². The summed E-state index contributed by atoms with van der Waals surface area (Å²) in [6.07, 6.45) is -6.60. The molecule has 1 rings (SSSR count). The summed E-state index contributed by atoms with van der Waals surface area (Å²) in [6, 6.07) is 0. The number of rotatable bonds is 6. The number of hydrogen-bond donors (Lipinski definition) is 0. The number of ether oxygens (including phenoxy) is 6. The van der Waals surface area contributed by atoms with Crippen molar-refractivity contribution in [2.45, 2.75) is 58.4 Å². The van der Waals surface area contributed by atoms with Crippen molar-refractivity contribution in [3.05, 3.63) is 0 Å². The van der Waals surface area contributed by atoms with Crippen LogP contribution < -0.4 is 0 Å². The highest BCUT2D eigenvalue weighted by Gasteiger charge is 2.55. The molecule has 1 saturated heterocycles. The molecule has 10 nitrogen and oxygen atoms in total. The van der Waals surface area contributed by atoms with E-state index in [9.17, 15) is 19.2 Å². The Bertz CT molecular complexity index is 516. The molecule has 1 heterocycles. The maximum Gasteiger partial charge on any atom is 0.339 e. The molecule has 142 valence electrons. The van der Waals surface area contributed by atoms with Gasteiger partial charge in [0.05, 0.1) is 7.11 Å². The molecule has 0 aromatic heterocycles. The quantitative estimate of drug-likeness (QED) is 0.460. The van der Waals surface area contributed by atoms with Crippen LogP contribution in [0.2, 0.25) is 0 Å². The molecule has 0 spiro atoms. The average molecular weight is 362 g/mol. The molecule has 0 saturated carbocycles. The van der Waals surface area contributed by atoms with Crippen LogP contribution in [0.4, 0.5) is 0 Å². The fourth-order valence-corrected chi connectivity index (χ4v) is 2.38. The first kappa shape index (κ1) is 20.8. The lowest BCUT2D eigenvalue weighted by molar-refractivity contribution is -0.300. The molecule has 25 heavy (non-hydrogen) atoms. The number of carbonyl (C=O) groups excluding carboxylic acids is 4. The van der Waals surface area contributed by atoms with E-state index < -0.39 is 54.6 Å². The van der Waals surface area contributed by atoms with Crippen LogP contribution in [0.25, 0.3) is 0 Å². The minimum atomic E-state index is -1.43. The molecule has 0 aliphatic carbocycles. The van der Waals surface area contributed by atoms with E-state index in [1.165, 1.54) is 0 Å². The predicted molar refractivity (Wildman–Crippen MR) is 79.0 cm³/mol. The van der Waals surface area contributed by atoms with Crippen LogP contribution in [-0.2, 0) is 47.6 Å². The van der Waals surface area contributed by atoms with Crippen LogP contribution in [0, 0.1) is 0 Å². The van der Waals surface area contributed by atoms with E-state index in [2.05, 4.69) is 4.74 Å². The highest BCUT2D eigenvalue weighted by atomic mass is 16.7. The molecule has 1 fully saturated rings. The van der Waals surface area contributed by atoms with Gasteiger partial charge in [-0.3, -0.25) is 14.4 Å². The van der Waals surface area contributed by atoms with E-state index in [0.29, 0.717) is 0 Å². The van der Waals surface area contributed by atoms with Crippen molar-refractivity contribution in [2.75, 3.05) is 13.7 Å². The van der Waals surface area contributed by atoms with Crippen LogP contribution in [0.3, 0.4) is 0 Å². The van der Waals surface area contributed by atoms with Gasteiger partial charge in [0, 0.05) is 27.4 Å². The van der Waals surface area contributed by atoms with Crippen LogP contribution >= 0.6 is 0 Å². The number of methoxy groups -OCH3 is 1. The third kappa shape index (κ3) is 5.68. The van der Waals surface area contributed by atoms with Crippen molar-refractivity contribution in [1.82, 2.24) is 0 Å². The Hall–Kier alpha value is -2.20. The molecule has 0 aromatic rings. The highest BCUT2D eigenvalue weighted by Crippen LogP contribution is 2.30. The van der Waals surface area contributed by atoms with Crippen LogP contribution in [-0.4, -0.2) is 68.3 Å². The molecule has 0 aromatic carbocycles. The summed E-state index contributed by atoms with van der Waals surface area (Å²) in [6.45, 7) is 5.17.